The Balaban J connectivity index is 2.00. The second kappa shape index (κ2) is 5.04. The van der Waals surface area contributed by atoms with Gasteiger partial charge in [-0.15, -0.1) is 0 Å². The van der Waals surface area contributed by atoms with Crippen molar-refractivity contribution >= 4 is 6.21 Å². The Kier molecular flexibility index (Phi) is 3.42. The van der Waals surface area contributed by atoms with Crippen LogP contribution in [0.3, 0.4) is 0 Å². The average molecular weight is 311 g/mol. The molecule has 0 saturated carbocycles. The Labute approximate surface area is 125 Å². The number of ether oxygens (including phenoxy) is 3. The lowest BCUT2D eigenvalue weighted by atomic mass is 10.1. The van der Waals surface area contributed by atoms with Crippen LogP contribution in [0.1, 0.15) is 20.1 Å². The number of nitrogens with one attached hydrogen (secondary N) is 1. The van der Waals surface area contributed by atoms with Gasteiger partial charge in [0.1, 0.15) is 19.3 Å². The zero-order chi connectivity index (χ0) is 16.1. The molecule has 0 radical (unpaired) electrons. The number of aromatic amines is 1. The van der Waals surface area contributed by atoms with Crippen molar-refractivity contribution in [2.75, 3.05) is 7.05 Å². The van der Waals surface area contributed by atoms with Crippen LogP contribution in [-0.4, -0.2) is 51.7 Å². The molecule has 4 unspecified atom stereocenters. The number of rotatable bonds is 2. The van der Waals surface area contributed by atoms with Crippen molar-refractivity contribution in [1.82, 2.24) is 9.55 Å². The summed E-state index contributed by atoms with van der Waals surface area (Å²) in [4.78, 5) is 25.3. The molecule has 1 aromatic heterocycles. The highest BCUT2D eigenvalue weighted by atomic mass is 16.8. The van der Waals surface area contributed by atoms with E-state index in [1.54, 1.807) is 13.8 Å². The minimum atomic E-state index is -0.850. The first-order chi connectivity index (χ1) is 10.3. The van der Waals surface area contributed by atoms with E-state index in [2.05, 4.69) is 4.98 Å². The van der Waals surface area contributed by atoms with Crippen LogP contribution in [-0.2, 0) is 14.2 Å². The lowest BCUT2D eigenvalue weighted by Crippen LogP contribution is -2.37. The number of nitrogens with zero attached hydrogens (tertiary/aromatic N) is 2. The molecule has 3 heterocycles. The Bertz CT molecular complexity index is 717. The highest BCUT2D eigenvalue weighted by molar-refractivity contribution is 5.60. The number of hydrogen-bond donors (Lipinski definition) is 1. The molecule has 0 amide bonds. The molecular weight excluding hydrogens is 294 g/mol. The summed E-state index contributed by atoms with van der Waals surface area (Å²) < 4.78 is 19.1. The Morgan fingerprint density at radius 3 is 2.68 bits per heavy atom. The second-order valence-electron chi connectivity index (χ2n) is 5.77. The van der Waals surface area contributed by atoms with Crippen LogP contribution >= 0.6 is 0 Å². The van der Waals surface area contributed by atoms with E-state index in [9.17, 15) is 14.8 Å². The van der Waals surface area contributed by atoms with Crippen LogP contribution < -0.4 is 11.2 Å². The summed E-state index contributed by atoms with van der Waals surface area (Å²) in [7, 11) is 1.33. The third-order valence-corrected chi connectivity index (χ3v) is 3.55. The Morgan fingerprint density at radius 2 is 2.05 bits per heavy atom. The topological polar surface area (TPSA) is 109 Å². The zero-order valence-corrected chi connectivity index (χ0v) is 12.4. The summed E-state index contributed by atoms with van der Waals surface area (Å²) in [5, 5.41) is 11.3. The molecule has 4 atom stereocenters. The summed E-state index contributed by atoms with van der Waals surface area (Å²) in [5.74, 6) is -0.850. The van der Waals surface area contributed by atoms with Crippen molar-refractivity contribution in [3.63, 3.8) is 0 Å². The van der Waals surface area contributed by atoms with Gasteiger partial charge in [0.25, 0.3) is 5.56 Å². The van der Waals surface area contributed by atoms with Gasteiger partial charge in [-0.25, -0.2) is 9.53 Å². The highest BCUT2D eigenvalue weighted by Gasteiger charge is 2.56. The van der Waals surface area contributed by atoms with E-state index < -0.39 is 41.6 Å². The molecule has 120 valence electrons. The second-order valence-corrected chi connectivity index (χ2v) is 5.77. The molecule has 2 aliphatic heterocycles. The smallest absolute Gasteiger partial charge is 0.330 e. The fourth-order valence-corrected chi connectivity index (χ4v) is 2.79. The van der Waals surface area contributed by atoms with Gasteiger partial charge in [-0.1, -0.05) is 0 Å². The Morgan fingerprint density at radius 1 is 1.36 bits per heavy atom. The molecule has 2 aliphatic rings. The predicted molar refractivity (Wildman–Crippen MR) is 74.7 cm³/mol. The van der Waals surface area contributed by atoms with Gasteiger partial charge in [0.15, 0.2) is 24.3 Å². The normalized spacial score (nSPS) is 33.9. The van der Waals surface area contributed by atoms with Gasteiger partial charge in [-0.05, 0) is 13.8 Å². The SMILES string of the molecule is C/[N+]([O-])=C\C1OC(n2ccc(=O)[nH]c2=O)C2OC(C)(C)OC12. The van der Waals surface area contributed by atoms with Crippen molar-refractivity contribution in [3.05, 3.63) is 38.3 Å². The lowest BCUT2D eigenvalue weighted by molar-refractivity contribution is -0.421. The Hall–Kier alpha value is -1.97. The molecule has 0 bridgehead atoms. The molecule has 1 aromatic rings. The first-order valence-electron chi connectivity index (χ1n) is 6.84. The van der Waals surface area contributed by atoms with Gasteiger partial charge in [-0.2, -0.15) is 0 Å². The molecule has 0 spiro atoms. The van der Waals surface area contributed by atoms with E-state index in [1.807, 2.05) is 0 Å². The molecule has 1 N–H and O–H groups in total. The third-order valence-electron chi connectivity index (χ3n) is 3.55. The van der Waals surface area contributed by atoms with Crippen molar-refractivity contribution in [2.24, 2.45) is 0 Å². The quantitative estimate of drug-likeness (QED) is 0.330. The van der Waals surface area contributed by atoms with Crippen molar-refractivity contribution in [1.29, 1.82) is 0 Å². The number of hydroxylamine groups is 1. The van der Waals surface area contributed by atoms with E-state index in [-0.39, 0.29) is 0 Å². The van der Waals surface area contributed by atoms with Crippen molar-refractivity contribution < 1.29 is 18.9 Å². The third kappa shape index (κ3) is 2.58. The van der Waals surface area contributed by atoms with Gasteiger partial charge in [0, 0.05) is 12.3 Å². The molecular formula is C13H17N3O6. The highest BCUT2D eigenvalue weighted by Crippen LogP contribution is 2.41. The van der Waals surface area contributed by atoms with Crippen LogP contribution in [0, 0.1) is 5.21 Å². The first-order valence-corrected chi connectivity index (χ1v) is 6.84. The van der Waals surface area contributed by atoms with E-state index in [0.717, 1.165) is 0 Å². The maximum atomic E-state index is 12.0. The lowest BCUT2D eigenvalue weighted by Gasteiger charge is -2.23. The predicted octanol–water partition coefficient (Wildman–Crippen LogP) is -0.835. The number of hydrogen-bond acceptors (Lipinski definition) is 6. The van der Waals surface area contributed by atoms with E-state index in [1.165, 1.54) is 30.1 Å². The maximum absolute atomic E-state index is 12.0. The molecule has 0 aromatic carbocycles. The summed E-state index contributed by atoms with van der Waals surface area (Å²) in [5.41, 5.74) is -1.11. The van der Waals surface area contributed by atoms with Gasteiger partial charge in [-0.3, -0.25) is 14.3 Å². The largest absolute Gasteiger partial charge is 0.624 e. The minimum Gasteiger partial charge on any atom is -0.624 e. The van der Waals surface area contributed by atoms with Crippen molar-refractivity contribution in [2.45, 2.75) is 44.2 Å². The van der Waals surface area contributed by atoms with Crippen LogP contribution in [0.15, 0.2) is 21.9 Å². The van der Waals surface area contributed by atoms with E-state index >= 15 is 0 Å². The van der Waals surface area contributed by atoms with Gasteiger partial charge in [0.05, 0.1) is 0 Å². The number of fused-ring (bicyclic) bond motifs is 1. The van der Waals surface area contributed by atoms with Gasteiger partial charge in [0.2, 0.25) is 0 Å². The van der Waals surface area contributed by atoms with Crippen LogP contribution in [0.5, 0.6) is 0 Å². The average Bonchev–Trinajstić information content (AvgIpc) is 2.84. The zero-order valence-electron chi connectivity index (χ0n) is 12.4. The molecule has 9 heteroatoms. The molecule has 22 heavy (non-hydrogen) atoms. The summed E-state index contributed by atoms with van der Waals surface area (Å²) in [6.45, 7) is 3.49. The number of aromatic nitrogens is 2. The van der Waals surface area contributed by atoms with Crippen LogP contribution in [0.2, 0.25) is 0 Å². The molecule has 3 rings (SSSR count). The summed E-state index contributed by atoms with van der Waals surface area (Å²) >= 11 is 0. The molecule has 9 nitrogen and oxygen atoms in total. The molecule has 0 aliphatic carbocycles. The first kappa shape index (κ1) is 14.9. The van der Waals surface area contributed by atoms with Crippen LogP contribution in [0.4, 0.5) is 0 Å². The molecule has 2 fully saturated rings. The fraction of sp³-hybridized carbons (Fsp3) is 0.615. The van der Waals surface area contributed by atoms with E-state index in [4.69, 9.17) is 14.2 Å². The number of H-pyrrole nitrogens is 1. The van der Waals surface area contributed by atoms with Gasteiger partial charge >= 0.3 is 5.69 Å². The van der Waals surface area contributed by atoms with Gasteiger partial charge < -0.3 is 19.4 Å². The van der Waals surface area contributed by atoms with Crippen LogP contribution in [0.25, 0.3) is 0 Å². The fourth-order valence-electron chi connectivity index (χ4n) is 2.79. The summed E-state index contributed by atoms with van der Waals surface area (Å²) in [6, 6.07) is 1.22. The minimum absolute atomic E-state index is 0.498. The van der Waals surface area contributed by atoms with Crippen molar-refractivity contribution in [3.8, 4) is 0 Å². The standard InChI is InChI=1S/C13H17N3O6/c1-13(2)21-9-7(6-15(3)19)20-11(10(9)22-13)16-5-4-8(17)14-12(16)18/h4-7,9-11H,1-3H3,(H,14,17,18)/b15-6+. The van der Waals surface area contributed by atoms with E-state index in [0.29, 0.717) is 4.74 Å². The molecule has 2 saturated heterocycles. The maximum Gasteiger partial charge on any atom is 0.330 e. The monoisotopic (exact) mass is 311 g/mol. The summed E-state index contributed by atoms with van der Waals surface area (Å²) in [6.07, 6.45) is 0.116.